The van der Waals surface area contributed by atoms with Crippen molar-refractivity contribution < 1.29 is 13.9 Å². The molecule has 1 fully saturated rings. The van der Waals surface area contributed by atoms with Gasteiger partial charge in [0.1, 0.15) is 6.67 Å². The highest BCUT2D eigenvalue weighted by molar-refractivity contribution is 6.32. The summed E-state index contributed by atoms with van der Waals surface area (Å²) >= 11 is 6.37. The molecule has 2 aromatic heterocycles. The van der Waals surface area contributed by atoms with E-state index < -0.39 is 6.67 Å². The highest BCUT2D eigenvalue weighted by atomic mass is 35.5. The first-order chi connectivity index (χ1) is 17.0. The van der Waals surface area contributed by atoms with Gasteiger partial charge < -0.3 is 25.7 Å². The van der Waals surface area contributed by atoms with Crippen LogP contribution in [0.1, 0.15) is 22.5 Å². The van der Waals surface area contributed by atoms with E-state index in [1.165, 1.54) is 0 Å². The van der Waals surface area contributed by atoms with E-state index in [4.69, 9.17) is 16.3 Å². The number of benzene rings is 1. The van der Waals surface area contributed by atoms with Gasteiger partial charge in [0.05, 0.1) is 40.5 Å². The molecule has 11 heteroatoms. The molecule has 0 radical (unpaired) electrons. The number of hydrogen-bond donors (Lipinski definition) is 4. The van der Waals surface area contributed by atoms with Gasteiger partial charge >= 0.3 is 0 Å². The third kappa shape index (κ3) is 4.06. The Bertz CT molecular complexity index is 1270. The Labute approximate surface area is 207 Å². The molecule has 3 aromatic rings. The number of likely N-dealkylation sites (tertiary alicyclic amines) is 1. The first-order valence-corrected chi connectivity index (χ1v) is 11.8. The zero-order valence-corrected chi connectivity index (χ0v) is 20.3. The second-order valence-electron chi connectivity index (χ2n) is 8.76. The van der Waals surface area contributed by atoms with Crippen LogP contribution in [0, 0.1) is 0 Å². The summed E-state index contributed by atoms with van der Waals surface area (Å²) in [5.41, 5.74) is 3.43. The van der Waals surface area contributed by atoms with Gasteiger partial charge in [-0.15, -0.1) is 0 Å². The third-order valence-electron chi connectivity index (χ3n) is 6.74. The molecule has 0 saturated carbocycles. The molecule has 2 aliphatic heterocycles. The van der Waals surface area contributed by atoms with E-state index in [0.29, 0.717) is 64.7 Å². The van der Waals surface area contributed by atoms with E-state index in [-0.39, 0.29) is 11.3 Å². The number of nitrogens with zero attached hydrogens (tertiary/aromatic N) is 3. The van der Waals surface area contributed by atoms with E-state index in [1.807, 2.05) is 12.1 Å². The molecule has 2 aliphatic rings. The molecular formula is C24H27ClFN7O2. The van der Waals surface area contributed by atoms with Gasteiger partial charge in [0.15, 0.2) is 5.75 Å². The number of amides is 1. The number of halogens is 2. The van der Waals surface area contributed by atoms with Crippen LogP contribution in [0.4, 0.5) is 21.7 Å². The van der Waals surface area contributed by atoms with Gasteiger partial charge in [-0.25, -0.2) is 14.4 Å². The number of fused-ring (bicyclic) bond motifs is 2. The number of nitrogens with one attached hydrogen (secondary N) is 4. The maximum absolute atomic E-state index is 13.3. The Balaban J connectivity index is 1.69. The summed E-state index contributed by atoms with van der Waals surface area (Å²) in [6.45, 7) is 1.86. The number of anilines is 3. The lowest BCUT2D eigenvalue weighted by Crippen LogP contribution is -2.48. The van der Waals surface area contributed by atoms with Crippen LogP contribution in [-0.4, -0.2) is 72.8 Å². The number of aromatic amines is 1. The van der Waals surface area contributed by atoms with Crippen molar-refractivity contribution >= 4 is 34.8 Å². The molecule has 9 nitrogen and oxygen atoms in total. The van der Waals surface area contributed by atoms with Gasteiger partial charge in [-0.05, 0) is 31.2 Å². The fraction of sp³-hybridized carbons (Fsp3) is 0.375. The molecule has 0 bridgehead atoms. The topological polar surface area (TPSA) is 107 Å². The number of carbonyl (C=O) groups is 1. The van der Waals surface area contributed by atoms with Gasteiger partial charge in [0, 0.05) is 44.0 Å². The molecular weight excluding hydrogens is 473 g/mol. The molecule has 1 amide bonds. The highest BCUT2D eigenvalue weighted by Gasteiger charge is 2.47. The number of carbonyl (C=O) groups excluding carboxylic acids is 1. The number of para-hydroxylation sites is 1. The molecule has 1 atom stereocenters. The average Bonchev–Trinajstić information content (AvgIpc) is 3.45. The standard InChI is InChI=1S/C24H27ClFN7O2/c1-27-23-28-9-6-15(31-23)18-19(30-16-5-3-4-14(25)20(16)35-2)17-21(32-18)24(12-29-22(17)34)7-10-33(13-24)11-8-26/h3-6,9,30,32H,7-8,10-13H2,1-2H3,(H,29,34)(H,27,28,31)/t24-/m1/s1. The van der Waals surface area contributed by atoms with Crippen LogP contribution < -0.4 is 20.7 Å². The van der Waals surface area contributed by atoms with Crippen molar-refractivity contribution in [1.82, 2.24) is 25.2 Å². The van der Waals surface area contributed by atoms with E-state index >= 15 is 0 Å². The van der Waals surface area contributed by atoms with E-state index in [2.05, 4.69) is 35.8 Å². The van der Waals surface area contributed by atoms with Gasteiger partial charge in [-0.2, -0.15) is 0 Å². The summed E-state index contributed by atoms with van der Waals surface area (Å²) in [5.74, 6) is 0.730. The second kappa shape index (κ2) is 9.35. The normalized spacial score (nSPS) is 19.5. The third-order valence-corrected chi connectivity index (χ3v) is 7.04. The largest absolute Gasteiger partial charge is 0.493 e. The molecule has 184 valence electrons. The van der Waals surface area contributed by atoms with E-state index in [0.717, 1.165) is 18.7 Å². The SMILES string of the molecule is CNc1nccc(-c2[nH]c3c(c2Nc2cccc(Cl)c2OC)C(=O)NC[C@@]32CCN(CCF)C2)n1. The van der Waals surface area contributed by atoms with Gasteiger partial charge in [-0.3, -0.25) is 9.69 Å². The molecule has 4 N–H and O–H groups in total. The lowest BCUT2D eigenvalue weighted by molar-refractivity contribution is 0.0924. The quantitative estimate of drug-likeness (QED) is 0.393. The minimum Gasteiger partial charge on any atom is -0.493 e. The van der Waals surface area contributed by atoms with Crippen molar-refractivity contribution in [1.29, 1.82) is 0 Å². The first kappa shape index (κ1) is 23.4. The van der Waals surface area contributed by atoms with Crippen LogP contribution in [0.15, 0.2) is 30.5 Å². The summed E-state index contributed by atoms with van der Waals surface area (Å²) in [6.07, 6.45) is 2.46. The van der Waals surface area contributed by atoms with Crippen molar-refractivity contribution in [3.8, 4) is 17.1 Å². The summed E-state index contributed by atoms with van der Waals surface area (Å²) in [6, 6.07) is 7.17. The minimum absolute atomic E-state index is 0.191. The summed E-state index contributed by atoms with van der Waals surface area (Å²) in [5, 5.41) is 9.86. The second-order valence-corrected chi connectivity index (χ2v) is 9.17. The molecule has 1 spiro atoms. The van der Waals surface area contributed by atoms with Gasteiger partial charge in [0.2, 0.25) is 5.95 Å². The summed E-state index contributed by atoms with van der Waals surface area (Å²) < 4.78 is 18.6. The van der Waals surface area contributed by atoms with Crippen LogP contribution >= 0.6 is 11.6 Å². The molecule has 0 aliphatic carbocycles. The monoisotopic (exact) mass is 499 g/mol. The summed E-state index contributed by atoms with van der Waals surface area (Å²) in [7, 11) is 3.29. The maximum atomic E-state index is 13.3. The smallest absolute Gasteiger partial charge is 0.255 e. The zero-order chi connectivity index (χ0) is 24.6. The van der Waals surface area contributed by atoms with E-state index in [1.54, 1.807) is 32.5 Å². The fourth-order valence-electron chi connectivity index (χ4n) is 5.05. The molecule has 0 unspecified atom stereocenters. The van der Waals surface area contributed by atoms with Gasteiger partial charge in [-0.1, -0.05) is 17.7 Å². The van der Waals surface area contributed by atoms with Crippen molar-refractivity contribution in [2.75, 3.05) is 57.6 Å². The Morgan fingerprint density at radius 3 is 2.97 bits per heavy atom. The van der Waals surface area contributed by atoms with Crippen molar-refractivity contribution in [3.05, 3.63) is 46.7 Å². The average molecular weight is 500 g/mol. The van der Waals surface area contributed by atoms with Crippen LogP contribution in [0.2, 0.25) is 5.02 Å². The highest BCUT2D eigenvalue weighted by Crippen LogP contribution is 2.46. The number of aromatic nitrogens is 3. The molecule has 5 rings (SSSR count). The molecule has 1 aromatic carbocycles. The Kier molecular flexibility index (Phi) is 6.24. The van der Waals surface area contributed by atoms with Crippen LogP contribution in [0.3, 0.4) is 0 Å². The van der Waals surface area contributed by atoms with Crippen molar-refractivity contribution in [2.45, 2.75) is 11.8 Å². The number of alkyl halides is 1. The molecule has 1 saturated heterocycles. The van der Waals surface area contributed by atoms with Crippen LogP contribution in [0.25, 0.3) is 11.4 Å². The Morgan fingerprint density at radius 1 is 1.34 bits per heavy atom. The fourth-order valence-corrected chi connectivity index (χ4v) is 5.30. The van der Waals surface area contributed by atoms with Crippen molar-refractivity contribution in [3.63, 3.8) is 0 Å². The predicted molar refractivity (Wildman–Crippen MR) is 134 cm³/mol. The minimum atomic E-state index is -0.402. The number of hydrogen-bond acceptors (Lipinski definition) is 7. The predicted octanol–water partition coefficient (Wildman–Crippen LogP) is 3.58. The van der Waals surface area contributed by atoms with E-state index in [9.17, 15) is 9.18 Å². The number of rotatable bonds is 7. The number of methoxy groups -OCH3 is 1. The molecule has 4 heterocycles. The Morgan fingerprint density at radius 2 is 2.20 bits per heavy atom. The van der Waals surface area contributed by atoms with Gasteiger partial charge in [0.25, 0.3) is 5.91 Å². The van der Waals surface area contributed by atoms with Crippen LogP contribution in [0.5, 0.6) is 5.75 Å². The lowest BCUT2D eigenvalue weighted by atomic mass is 9.79. The lowest BCUT2D eigenvalue weighted by Gasteiger charge is -2.34. The molecule has 35 heavy (non-hydrogen) atoms. The first-order valence-electron chi connectivity index (χ1n) is 11.4. The number of H-pyrrole nitrogens is 1. The summed E-state index contributed by atoms with van der Waals surface area (Å²) in [4.78, 5) is 27.7. The number of ether oxygens (including phenoxy) is 1. The van der Waals surface area contributed by atoms with Crippen LogP contribution in [-0.2, 0) is 5.41 Å². The van der Waals surface area contributed by atoms with Crippen molar-refractivity contribution in [2.24, 2.45) is 0 Å². The zero-order valence-electron chi connectivity index (χ0n) is 19.5. The maximum Gasteiger partial charge on any atom is 0.255 e. The Hall–Kier alpha value is -3.37.